The lowest BCUT2D eigenvalue weighted by Crippen LogP contribution is -2.17. The Kier molecular flexibility index (Phi) is 5.02. The SMILES string of the molecule is CN1Cc2cc(-c3ccc(-c4cccc(NSc5ccccn5)c4)s3)ccc2C1=O. The molecule has 6 heteroatoms. The number of nitrogens with zero attached hydrogens (tertiary/aromatic N) is 2. The first-order chi connectivity index (χ1) is 14.7. The summed E-state index contributed by atoms with van der Waals surface area (Å²) in [4.78, 5) is 20.6. The Bertz CT molecular complexity index is 1220. The molecule has 1 N–H and O–H groups in total. The third-order valence-electron chi connectivity index (χ3n) is 5.04. The molecule has 0 saturated carbocycles. The molecule has 0 unspecified atom stereocenters. The van der Waals surface area contributed by atoms with Crippen molar-refractivity contribution in [2.24, 2.45) is 0 Å². The van der Waals surface area contributed by atoms with E-state index in [1.165, 1.54) is 27.3 Å². The van der Waals surface area contributed by atoms with Crippen LogP contribution in [-0.4, -0.2) is 22.8 Å². The Morgan fingerprint density at radius 2 is 1.80 bits per heavy atom. The third kappa shape index (κ3) is 3.72. The van der Waals surface area contributed by atoms with Gasteiger partial charge in [0.25, 0.3) is 5.91 Å². The molecule has 0 fully saturated rings. The summed E-state index contributed by atoms with van der Waals surface area (Å²) in [5, 5.41) is 0.932. The smallest absolute Gasteiger partial charge is 0.254 e. The van der Waals surface area contributed by atoms with Crippen molar-refractivity contribution in [1.82, 2.24) is 9.88 Å². The van der Waals surface area contributed by atoms with E-state index in [9.17, 15) is 4.79 Å². The van der Waals surface area contributed by atoms with Crippen LogP contribution in [0.2, 0.25) is 0 Å². The average molecular weight is 430 g/mol. The molecule has 5 rings (SSSR count). The number of thiophene rings is 1. The molecule has 0 radical (unpaired) electrons. The first-order valence-corrected chi connectivity index (χ1v) is 11.2. The molecule has 1 aliphatic rings. The minimum Gasteiger partial charge on any atom is -0.337 e. The van der Waals surface area contributed by atoms with Crippen molar-refractivity contribution >= 4 is 34.9 Å². The number of benzene rings is 2. The Morgan fingerprint density at radius 3 is 2.60 bits per heavy atom. The predicted molar refractivity (Wildman–Crippen MR) is 125 cm³/mol. The molecule has 4 aromatic rings. The highest BCUT2D eigenvalue weighted by Crippen LogP contribution is 2.37. The van der Waals surface area contributed by atoms with Gasteiger partial charge in [0.2, 0.25) is 0 Å². The highest BCUT2D eigenvalue weighted by atomic mass is 32.2. The van der Waals surface area contributed by atoms with Crippen molar-refractivity contribution in [2.75, 3.05) is 11.8 Å². The molecule has 148 valence electrons. The number of amides is 1. The zero-order valence-corrected chi connectivity index (χ0v) is 18.0. The predicted octanol–water partition coefficient (Wildman–Crippen LogP) is 6.18. The van der Waals surface area contributed by atoms with Crippen molar-refractivity contribution in [3.63, 3.8) is 0 Å². The minimum absolute atomic E-state index is 0.108. The van der Waals surface area contributed by atoms with Crippen LogP contribution in [0, 0.1) is 0 Å². The van der Waals surface area contributed by atoms with E-state index in [4.69, 9.17) is 0 Å². The van der Waals surface area contributed by atoms with Crippen molar-refractivity contribution < 1.29 is 4.79 Å². The number of pyridine rings is 1. The van der Waals surface area contributed by atoms with Crippen LogP contribution in [0.1, 0.15) is 15.9 Å². The molecule has 0 saturated heterocycles. The number of fused-ring (bicyclic) bond motifs is 1. The zero-order valence-electron chi connectivity index (χ0n) is 16.3. The summed E-state index contributed by atoms with van der Waals surface area (Å²) < 4.78 is 3.37. The lowest BCUT2D eigenvalue weighted by molar-refractivity contribution is 0.0816. The van der Waals surface area contributed by atoms with Gasteiger partial charge in [0, 0.05) is 52.7 Å². The maximum Gasteiger partial charge on any atom is 0.254 e. The van der Waals surface area contributed by atoms with Gasteiger partial charge in [0.05, 0.1) is 0 Å². The van der Waals surface area contributed by atoms with Crippen LogP contribution in [0.25, 0.3) is 20.9 Å². The number of aromatic nitrogens is 1. The molecule has 3 heterocycles. The number of anilines is 1. The molecule has 1 amide bonds. The maximum atomic E-state index is 12.1. The summed E-state index contributed by atoms with van der Waals surface area (Å²) >= 11 is 3.27. The van der Waals surface area contributed by atoms with Crippen LogP contribution < -0.4 is 4.72 Å². The summed E-state index contributed by atoms with van der Waals surface area (Å²) in [5.74, 6) is 0.108. The van der Waals surface area contributed by atoms with Gasteiger partial charge < -0.3 is 9.62 Å². The van der Waals surface area contributed by atoms with Crippen LogP contribution in [-0.2, 0) is 6.54 Å². The first-order valence-electron chi connectivity index (χ1n) is 9.60. The fraction of sp³-hybridized carbons (Fsp3) is 0.0833. The number of carbonyl (C=O) groups is 1. The highest BCUT2D eigenvalue weighted by Gasteiger charge is 2.24. The Hall–Kier alpha value is -3.09. The molecule has 2 aromatic carbocycles. The molecule has 1 aliphatic heterocycles. The number of hydrogen-bond donors (Lipinski definition) is 1. The summed E-state index contributed by atoms with van der Waals surface area (Å²) in [6, 6.07) is 24.7. The van der Waals surface area contributed by atoms with Crippen LogP contribution >= 0.6 is 23.3 Å². The normalized spacial score (nSPS) is 12.8. The lowest BCUT2D eigenvalue weighted by Gasteiger charge is -2.06. The Labute approximate surface area is 183 Å². The third-order valence-corrected chi connectivity index (χ3v) is 7.01. The average Bonchev–Trinajstić information content (AvgIpc) is 3.38. The summed E-state index contributed by atoms with van der Waals surface area (Å²) in [7, 11) is 1.85. The van der Waals surface area contributed by atoms with Crippen molar-refractivity contribution in [3.8, 4) is 20.9 Å². The van der Waals surface area contributed by atoms with Gasteiger partial charge in [-0.3, -0.25) is 4.79 Å². The van der Waals surface area contributed by atoms with Crippen LogP contribution in [0.4, 0.5) is 5.69 Å². The number of nitrogens with one attached hydrogen (secondary N) is 1. The monoisotopic (exact) mass is 429 g/mol. The van der Waals surface area contributed by atoms with Crippen LogP contribution in [0.15, 0.2) is 84.0 Å². The molecule has 2 aromatic heterocycles. The largest absolute Gasteiger partial charge is 0.337 e. The van der Waals surface area contributed by atoms with E-state index in [1.54, 1.807) is 22.4 Å². The lowest BCUT2D eigenvalue weighted by atomic mass is 10.1. The van der Waals surface area contributed by atoms with Gasteiger partial charge in [0.1, 0.15) is 5.03 Å². The number of hydrogen-bond acceptors (Lipinski definition) is 5. The van der Waals surface area contributed by atoms with Crippen molar-refractivity contribution in [3.05, 3.63) is 90.1 Å². The van der Waals surface area contributed by atoms with Gasteiger partial charge in [-0.25, -0.2) is 4.98 Å². The molecule has 0 bridgehead atoms. The molecule has 4 nitrogen and oxygen atoms in total. The fourth-order valence-corrected chi connectivity index (χ4v) is 5.13. The maximum absolute atomic E-state index is 12.1. The fourth-order valence-electron chi connectivity index (χ4n) is 3.52. The zero-order chi connectivity index (χ0) is 20.5. The quantitative estimate of drug-likeness (QED) is 0.385. The van der Waals surface area contributed by atoms with E-state index < -0.39 is 0 Å². The van der Waals surface area contributed by atoms with Gasteiger partial charge in [-0.05, 0) is 65.2 Å². The van der Waals surface area contributed by atoms with E-state index in [0.717, 1.165) is 27.4 Å². The minimum atomic E-state index is 0.108. The second-order valence-corrected chi connectivity index (χ2v) is 9.06. The number of carbonyl (C=O) groups excluding carboxylic acids is 1. The Morgan fingerprint density at radius 1 is 0.967 bits per heavy atom. The van der Waals surface area contributed by atoms with E-state index in [0.29, 0.717) is 6.54 Å². The molecular weight excluding hydrogens is 410 g/mol. The molecular formula is C24H19N3OS2. The number of rotatable bonds is 5. The summed E-state index contributed by atoms with van der Waals surface area (Å²) in [5.41, 5.74) is 5.30. The van der Waals surface area contributed by atoms with Gasteiger partial charge in [-0.2, -0.15) is 0 Å². The van der Waals surface area contributed by atoms with Crippen molar-refractivity contribution in [1.29, 1.82) is 0 Å². The van der Waals surface area contributed by atoms with Crippen LogP contribution in [0.3, 0.4) is 0 Å². The standard InChI is InChI=1S/C24H19N3OS2/c1-27-15-18-13-17(8-9-20(18)24(27)28)22-11-10-21(29-22)16-5-4-6-19(14-16)26-30-23-7-2-3-12-25-23/h2-14,26H,15H2,1H3. The second kappa shape index (κ2) is 7.97. The molecule has 30 heavy (non-hydrogen) atoms. The first kappa shape index (κ1) is 18.9. The molecule has 0 aliphatic carbocycles. The van der Waals surface area contributed by atoms with E-state index >= 15 is 0 Å². The molecule has 0 spiro atoms. The van der Waals surface area contributed by atoms with Crippen molar-refractivity contribution in [2.45, 2.75) is 11.6 Å². The van der Waals surface area contributed by atoms with E-state index in [2.05, 4.69) is 52.2 Å². The highest BCUT2D eigenvalue weighted by molar-refractivity contribution is 8.00. The van der Waals surface area contributed by atoms with Gasteiger partial charge in [-0.1, -0.05) is 24.3 Å². The Balaban J connectivity index is 1.36. The van der Waals surface area contributed by atoms with Gasteiger partial charge >= 0.3 is 0 Å². The van der Waals surface area contributed by atoms with E-state index in [-0.39, 0.29) is 5.91 Å². The van der Waals surface area contributed by atoms with E-state index in [1.807, 2.05) is 37.4 Å². The van der Waals surface area contributed by atoms with Gasteiger partial charge in [-0.15, -0.1) is 11.3 Å². The second-order valence-electron chi connectivity index (χ2n) is 7.15. The topological polar surface area (TPSA) is 45.2 Å². The molecule has 0 atom stereocenters. The van der Waals surface area contributed by atoms with Gasteiger partial charge in [0.15, 0.2) is 0 Å². The van der Waals surface area contributed by atoms with Crippen LogP contribution in [0.5, 0.6) is 0 Å². The summed E-state index contributed by atoms with van der Waals surface area (Å²) in [6.45, 7) is 0.682. The summed E-state index contributed by atoms with van der Waals surface area (Å²) in [6.07, 6.45) is 1.79.